The molecule has 0 bridgehead atoms. The Kier molecular flexibility index (Phi) is 8.85. The molecule has 4 heteroatoms. The monoisotopic (exact) mass is 229 g/mol. The van der Waals surface area contributed by atoms with Crippen LogP contribution in [0.3, 0.4) is 0 Å². The summed E-state index contributed by atoms with van der Waals surface area (Å²) in [5.74, 6) is -0.313. The van der Waals surface area contributed by atoms with Crippen molar-refractivity contribution in [2.75, 3.05) is 13.2 Å². The van der Waals surface area contributed by atoms with Crippen LogP contribution in [0, 0.1) is 0 Å². The van der Waals surface area contributed by atoms with E-state index in [1.165, 1.54) is 0 Å². The van der Waals surface area contributed by atoms with Crippen molar-refractivity contribution in [1.82, 2.24) is 5.23 Å². The number of hydrogen-bond acceptors (Lipinski definition) is 3. The summed E-state index contributed by atoms with van der Waals surface area (Å²) < 4.78 is 0. The molecule has 0 heterocycles. The van der Waals surface area contributed by atoms with Gasteiger partial charge in [0.1, 0.15) is 0 Å². The summed E-state index contributed by atoms with van der Waals surface area (Å²) in [4.78, 5) is 22.1. The molecule has 94 valence electrons. The zero-order valence-corrected chi connectivity index (χ0v) is 10.6. The number of carbonyl (C=O) groups excluding carboxylic acids is 1. The van der Waals surface area contributed by atoms with E-state index < -0.39 is 0 Å². The van der Waals surface area contributed by atoms with Crippen LogP contribution in [0.1, 0.15) is 46.5 Å². The lowest BCUT2D eigenvalue weighted by Crippen LogP contribution is -2.32. The fourth-order valence-corrected chi connectivity index (χ4v) is 0.894. The van der Waals surface area contributed by atoms with E-state index in [1.807, 2.05) is 0 Å². The summed E-state index contributed by atoms with van der Waals surface area (Å²) in [6.45, 7) is 10.3. The minimum absolute atomic E-state index is 0.313. The molecule has 0 unspecified atom stereocenters. The highest BCUT2D eigenvalue weighted by molar-refractivity contribution is 5.90. The van der Waals surface area contributed by atoms with Gasteiger partial charge in [-0.15, -0.1) is 0 Å². The Morgan fingerprint density at radius 1 is 1.12 bits per heavy atom. The lowest BCUT2D eigenvalue weighted by atomic mass is 10.3. The topological polar surface area (TPSA) is 38.8 Å². The van der Waals surface area contributed by atoms with Crippen LogP contribution >= 0.6 is 0 Å². The van der Waals surface area contributed by atoms with Gasteiger partial charge in [-0.1, -0.05) is 38.5 Å². The van der Waals surface area contributed by atoms with Gasteiger partial charge >= 0.3 is 0 Å². The van der Waals surface area contributed by atoms with Crippen LogP contribution in [-0.2, 0) is 14.5 Å². The molecule has 16 heavy (non-hydrogen) atoms. The van der Waals surface area contributed by atoms with E-state index in [-0.39, 0.29) is 5.91 Å². The van der Waals surface area contributed by atoms with E-state index in [9.17, 15) is 4.79 Å². The molecule has 0 aliphatic heterocycles. The van der Waals surface area contributed by atoms with E-state index >= 15 is 0 Å². The molecule has 0 aromatic carbocycles. The molecule has 0 atom stereocenters. The first-order valence-corrected chi connectivity index (χ1v) is 5.89. The molecule has 0 aromatic heterocycles. The standard InChI is InChI=1S/C12H23NO3/c1-5-7-9-15-13(12(14)11(3)4)16-10-8-6-2/h3,5-10H2,1-2,4H3. The average molecular weight is 229 g/mol. The highest BCUT2D eigenvalue weighted by atomic mass is 17.0. The Balaban J connectivity index is 4.05. The summed E-state index contributed by atoms with van der Waals surface area (Å²) in [5, 5.41) is 0.966. The quantitative estimate of drug-likeness (QED) is 0.347. The van der Waals surface area contributed by atoms with Crippen molar-refractivity contribution >= 4 is 5.91 Å². The van der Waals surface area contributed by atoms with E-state index in [0.29, 0.717) is 18.8 Å². The first-order chi connectivity index (χ1) is 7.63. The fourth-order valence-electron chi connectivity index (χ4n) is 0.894. The summed E-state index contributed by atoms with van der Waals surface area (Å²) in [7, 11) is 0. The maximum atomic E-state index is 11.6. The Morgan fingerprint density at radius 3 is 1.88 bits per heavy atom. The molecule has 1 amide bonds. The smallest absolute Gasteiger partial charge is 0.265 e. The predicted molar refractivity (Wildman–Crippen MR) is 63.4 cm³/mol. The number of unbranched alkanes of at least 4 members (excludes halogenated alkanes) is 2. The van der Waals surface area contributed by atoms with Gasteiger partial charge in [-0.2, -0.15) is 0 Å². The van der Waals surface area contributed by atoms with Crippen molar-refractivity contribution in [3.63, 3.8) is 0 Å². The largest absolute Gasteiger partial charge is 0.299 e. The summed E-state index contributed by atoms with van der Waals surface area (Å²) in [5.41, 5.74) is 0.410. The van der Waals surface area contributed by atoms with Crippen molar-refractivity contribution < 1.29 is 14.5 Å². The van der Waals surface area contributed by atoms with E-state index in [1.54, 1.807) is 6.92 Å². The number of carbonyl (C=O) groups is 1. The molecule has 0 rings (SSSR count). The molecular formula is C12H23NO3. The molecule has 0 N–H and O–H groups in total. The highest BCUT2D eigenvalue weighted by Gasteiger charge is 2.15. The Hall–Kier alpha value is -0.870. The van der Waals surface area contributed by atoms with Gasteiger partial charge in [0.2, 0.25) is 0 Å². The lowest BCUT2D eigenvalue weighted by molar-refractivity contribution is -0.339. The van der Waals surface area contributed by atoms with Gasteiger partial charge in [0, 0.05) is 5.57 Å². The third-order valence-electron chi connectivity index (χ3n) is 1.94. The fraction of sp³-hybridized carbons (Fsp3) is 0.750. The molecule has 0 saturated carbocycles. The third-order valence-corrected chi connectivity index (χ3v) is 1.94. The van der Waals surface area contributed by atoms with Crippen LogP contribution in [0.4, 0.5) is 0 Å². The van der Waals surface area contributed by atoms with Crippen LogP contribution in [0.15, 0.2) is 12.2 Å². The van der Waals surface area contributed by atoms with Crippen LogP contribution in [0.25, 0.3) is 0 Å². The molecule has 0 aliphatic carbocycles. The lowest BCUT2D eigenvalue weighted by Gasteiger charge is -2.20. The minimum Gasteiger partial charge on any atom is -0.265 e. The molecule has 0 aliphatic rings. The molecule has 0 radical (unpaired) electrons. The second-order valence-electron chi connectivity index (χ2n) is 3.72. The molecule has 4 nitrogen and oxygen atoms in total. The normalized spacial score (nSPS) is 10.2. The van der Waals surface area contributed by atoms with Gasteiger partial charge in [0.05, 0.1) is 13.2 Å². The van der Waals surface area contributed by atoms with Crippen molar-refractivity contribution in [3.05, 3.63) is 12.2 Å². The Morgan fingerprint density at radius 2 is 1.56 bits per heavy atom. The zero-order valence-electron chi connectivity index (χ0n) is 10.6. The summed E-state index contributed by atoms with van der Waals surface area (Å²) in [6, 6.07) is 0. The molecule has 0 spiro atoms. The van der Waals surface area contributed by atoms with Gasteiger partial charge in [-0.25, -0.2) is 9.68 Å². The number of rotatable bonds is 9. The summed E-state index contributed by atoms with van der Waals surface area (Å²) >= 11 is 0. The molecular weight excluding hydrogens is 206 g/mol. The second kappa shape index (κ2) is 9.36. The highest BCUT2D eigenvalue weighted by Crippen LogP contribution is 2.04. The molecule has 0 saturated heterocycles. The second-order valence-corrected chi connectivity index (χ2v) is 3.72. The van der Waals surface area contributed by atoms with Crippen molar-refractivity contribution in [2.45, 2.75) is 46.5 Å². The van der Waals surface area contributed by atoms with Gasteiger partial charge in [0.15, 0.2) is 0 Å². The first-order valence-electron chi connectivity index (χ1n) is 5.89. The first kappa shape index (κ1) is 15.1. The van der Waals surface area contributed by atoms with Crippen molar-refractivity contribution in [3.8, 4) is 0 Å². The molecule has 0 fully saturated rings. The van der Waals surface area contributed by atoms with E-state index in [0.717, 1.165) is 30.9 Å². The average Bonchev–Trinajstić information content (AvgIpc) is 2.26. The van der Waals surface area contributed by atoms with Crippen molar-refractivity contribution in [2.24, 2.45) is 0 Å². The molecule has 0 aromatic rings. The summed E-state index contributed by atoms with van der Waals surface area (Å²) in [6.07, 6.45) is 3.84. The Bertz CT molecular complexity index is 206. The van der Waals surface area contributed by atoms with Gasteiger partial charge in [-0.05, 0) is 19.8 Å². The van der Waals surface area contributed by atoms with Gasteiger partial charge in [-0.3, -0.25) is 4.79 Å². The maximum Gasteiger partial charge on any atom is 0.299 e. The number of amides is 1. The SMILES string of the molecule is C=C(C)C(=O)N(OCCCC)OCCCC. The van der Waals surface area contributed by atoms with E-state index in [4.69, 9.17) is 9.68 Å². The predicted octanol–water partition coefficient (Wildman–Crippen LogP) is 2.85. The third kappa shape index (κ3) is 6.58. The number of hydroxylamine groups is 2. The maximum absolute atomic E-state index is 11.6. The van der Waals surface area contributed by atoms with Gasteiger partial charge < -0.3 is 0 Å². The van der Waals surface area contributed by atoms with Crippen LogP contribution in [-0.4, -0.2) is 24.3 Å². The van der Waals surface area contributed by atoms with Crippen LogP contribution < -0.4 is 0 Å². The van der Waals surface area contributed by atoms with Crippen LogP contribution in [0.2, 0.25) is 0 Å². The number of nitrogens with zero attached hydrogens (tertiary/aromatic N) is 1. The van der Waals surface area contributed by atoms with Gasteiger partial charge in [0.25, 0.3) is 5.91 Å². The van der Waals surface area contributed by atoms with Crippen molar-refractivity contribution in [1.29, 1.82) is 0 Å². The zero-order chi connectivity index (χ0) is 12.4. The van der Waals surface area contributed by atoms with Crippen LogP contribution in [0.5, 0.6) is 0 Å². The Labute approximate surface area is 98.1 Å². The number of hydrogen-bond donors (Lipinski definition) is 0. The minimum atomic E-state index is -0.313. The van der Waals surface area contributed by atoms with E-state index in [2.05, 4.69) is 20.4 Å².